The minimum absolute atomic E-state index is 0.0251. The summed E-state index contributed by atoms with van der Waals surface area (Å²) in [5.74, 6) is -1.58. The summed E-state index contributed by atoms with van der Waals surface area (Å²) in [7, 11) is 0. The Balaban J connectivity index is 1.93. The van der Waals surface area contributed by atoms with E-state index in [0.717, 1.165) is 19.2 Å². The third-order valence-corrected chi connectivity index (χ3v) is 3.37. The highest BCUT2D eigenvalue weighted by atomic mass is 35.5. The number of piperazine rings is 1. The van der Waals surface area contributed by atoms with Gasteiger partial charge >= 0.3 is 0 Å². The number of nitrogens with zero attached hydrogens (tertiary/aromatic N) is 1. The molecule has 1 saturated heterocycles. The highest BCUT2D eigenvalue weighted by Crippen LogP contribution is 2.18. The molecule has 2 amide bonds. The molecule has 2 N–H and O–H groups in total. The number of benzene rings is 1. The summed E-state index contributed by atoms with van der Waals surface area (Å²) in [5, 5.41) is 5.55. The molecule has 0 spiro atoms. The van der Waals surface area contributed by atoms with E-state index in [2.05, 4.69) is 10.6 Å². The van der Waals surface area contributed by atoms with Gasteiger partial charge in [0.2, 0.25) is 5.91 Å². The normalized spacial score (nSPS) is 15.0. The van der Waals surface area contributed by atoms with Crippen LogP contribution in [0, 0.1) is 5.82 Å². The average molecular weight is 300 g/mol. The Kier molecular flexibility index (Phi) is 4.92. The van der Waals surface area contributed by atoms with E-state index in [1.807, 2.05) is 0 Å². The van der Waals surface area contributed by atoms with Crippen molar-refractivity contribution in [1.82, 2.24) is 15.5 Å². The fraction of sp³-hybridized carbons (Fsp3) is 0.385. The molecule has 0 radical (unpaired) electrons. The maximum Gasteiger partial charge on any atom is 0.256 e. The van der Waals surface area contributed by atoms with Crippen LogP contribution in [0.15, 0.2) is 18.2 Å². The first-order chi connectivity index (χ1) is 9.59. The van der Waals surface area contributed by atoms with Gasteiger partial charge in [-0.25, -0.2) is 4.39 Å². The first-order valence-corrected chi connectivity index (χ1v) is 6.68. The molecule has 2 rings (SSSR count). The van der Waals surface area contributed by atoms with Crippen LogP contribution in [-0.4, -0.2) is 49.4 Å². The molecule has 1 heterocycles. The van der Waals surface area contributed by atoms with Gasteiger partial charge in [-0.3, -0.25) is 9.59 Å². The second-order valence-corrected chi connectivity index (χ2v) is 4.82. The van der Waals surface area contributed by atoms with Crippen LogP contribution < -0.4 is 10.6 Å². The number of halogens is 2. The SMILES string of the molecule is O=C(NCC(=O)N1CCNCC1)c1c(F)cccc1Cl. The van der Waals surface area contributed by atoms with Crippen LogP contribution >= 0.6 is 11.6 Å². The highest BCUT2D eigenvalue weighted by Gasteiger charge is 2.19. The van der Waals surface area contributed by atoms with Gasteiger partial charge in [0.05, 0.1) is 17.1 Å². The molecule has 0 unspecified atom stereocenters. The van der Waals surface area contributed by atoms with E-state index in [4.69, 9.17) is 11.6 Å². The quantitative estimate of drug-likeness (QED) is 0.861. The van der Waals surface area contributed by atoms with Gasteiger partial charge in [-0.1, -0.05) is 17.7 Å². The van der Waals surface area contributed by atoms with Gasteiger partial charge in [0, 0.05) is 26.2 Å². The van der Waals surface area contributed by atoms with Crippen LogP contribution in [0.1, 0.15) is 10.4 Å². The number of carbonyl (C=O) groups is 2. The summed E-state index contributed by atoms with van der Waals surface area (Å²) in [5.41, 5.74) is -0.234. The second kappa shape index (κ2) is 6.67. The molecular formula is C13H15ClFN3O2. The van der Waals surface area contributed by atoms with Crippen molar-refractivity contribution in [2.24, 2.45) is 0 Å². The zero-order chi connectivity index (χ0) is 14.5. The molecule has 20 heavy (non-hydrogen) atoms. The maximum absolute atomic E-state index is 13.5. The van der Waals surface area contributed by atoms with E-state index >= 15 is 0 Å². The van der Waals surface area contributed by atoms with Gasteiger partial charge in [0.15, 0.2) is 0 Å². The Bertz CT molecular complexity index is 498. The molecule has 7 heteroatoms. The van der Waals surface area contributed by atoms with Crippen LogP contribution in [0.5, 0.6) is 0 Å². The molecule has 0 bridgehead atoms. The van der Waals surface area contributed by atoms with E-state index in [1.54, 1.807) is 4.90 Å². The molecule has 0 aliphatic carbocycles. The third-order valence-electron chi connectivity index (χ3n) is 3.06. The highest BCUT2D eigenvalue weighted by molar-refractivity contribution is 6.33. The Morgan fingerprint density at radius 1 is 1.35 bits per heavy atom. The minimum atomic E-state index is -0.704. The number of nitrogens with one attached hydrogen (secondary N) is 2. The Labute approximate surface area is 121 Å². The molecule has 1 aromatic rings. The fourth-order valence-corrected chi connectivity index (χ4v) is 2.23. The molecule has 0 atom stereocenters. The zero-order valence-electron chi connectivity index (χ0n) is 10.8. The van der Waals surface area contributed by atoms with Crippen LogP contribution in [0.3, 0.4) is 0 Å². The van der Waals surface area contributed by atoms with Crippen LogP contribution in [-0.2, 0) is 4.79 Å². The monoisotopic (exact) mass is 299 g/mol. The number of hydrogen-bond acceptors (Lipinski definition) is 3. The topological polar surface area (TPSA) is 61.4 Å². The van der Waals surface area contributed by atoms with Gasteiger partial charge < -0.3 is 15.5 Å². The van der Waals surface area contributed by atoms with Crippen LogP contribution in [0.4, 0.5) is 4.39 Å². The summed E-state index contributed by atoms with van der Waals surface area (Å²) in [6.45, 7) is 2.52. The van der Waals surface area contributed by atoms with Crippen molar-refractivity contribution < 1.29 is 14.0 Å². The van der Waals surface area contributed by atoms with Crippen molar-refractivity contribution in [1.29, 1.82) is 0 Å². The van der Waals surface area contributed by atoms with Crippen LogP contribution in [0.25, 0.3) is 0 Å². The second-order valence-electron chi connectivity index (χ2n) is 4.41. The Morgan fingerprint density at radius 3 is 2.70 bits per heavy atom. The molecule has 5 nitrogen and oxygen atoms in total. The summed E-state index contributed by atoms with van der Waals surface area (Å²) in [4.78, 5) is 25.4. The fourth-order valence-electron chi connectivity index (χ4n) is 1.99. The molecular weight excluding hydrogens is 285 g/mol. The van der Waals surface area contributed by atoms with Gasteiger partial charge in [0.25, 0.3) is 5.91 Å². The lowest BCUT2D eigenvalue weighted by Crippen LogP contribution is -2.49. The summed E-state index contributed by atoms with van der Waals surface area (Å²) in [6, 6.07) is 4.00. The number of carbonyl (C=O) groups excluding carboxylic acids is 2. The smallest absolute Gasteiger partial charge is 0.256 e. The van der Waals surface area contributed by atoms with Gasteiger partial charge in [-0.05, 0) is 12.1 Å². The van der Waals surface area contributed by atoms with E-state index in [-0.39, 0.29) is 23.0 Å². The summed E-state index contributed by atoms with van der Waals surface area (Å²) < 4.78 is 13.5. The molecule has 1 aromatic carbocycles. The van der Waals surface area contributed by atoms with Crippen molar-refractivity contribution in [3.63, 3.8) is 0 Å². The van der Waals surface area contributed by atoms with Crippen molar-refractivity contribution >= 4 is 23.4 Å². The lowest BCUT2D eigenvalue weighted by Gasteiger charge is -2.27. The van der Waals surface area contributed by atoms with E-state index in [9.17, 15) is 14.0 Å². The van der Waals surface area contributed by atoms with Crippen molar-refractivity contribution in [2.45, 2.75) is 0 Å². The lowest BCUT2D eigenvalue weighted by atomic mass is 10.2. The van der Waals surface area contributed by atoms with E-state index in [1.165, 1.54) is 12.1 Å². The van der Waals surface area contributed by atoms with Crippen LogP contribution in [0.2, 0.25) is 5.02 Å². The predicted octanol–water partition coefficient (Wildman–Crippen LogP) is 0.641. The first-order valence-electron chi connectivity index (χ1n) is 6.30. The molecule has 1 fully saturated rings. The molecule has 1 aliphatic heterocycles. The van der Waals surface area contributed by atoms with E-state index < -0.39 is 11.7 Å². The number of rotatable bonds is 3. The number of amides is 2. The average Bonchev–Trinajstić information content (AvgIpc) is 2.45. The van der Waals surface area contributed by atoms with Gasteiger partial charge in [0.1, 0.15) is 5.82 Å². The standard InChI is InChI=1S/C13H15ClFN3O2/c14-9-2-1-3-10(15)12(9)13(20)17-8-11(19)18-6-4-16-5-7-18/h1-3,16H,4-8H2,(H,17,20). The minimum Gasteiger partial charge on any atom is -0.343 e. The molecule has 0 aromatic heterocycles. The first kappa shape index (κ1) is 14.7. The summed E-state index contributed by atoms with van der Waals surface area (Å²) >= 11 is 5.78. The van der Waals surface area contributed by atoms with Gasteiger partial charge in [-0.15, -0.1) is 0 Å². The molecule has 0 saturated carbocycles. The third kappa shape index (κ3) is 3.46. The zero-order valence-corrected chi connectivity index (χ0v) is 11.5. The Morgan fingerprint density at radius 2 is 2.05 bits per heavy atom. The van der Waals surface area contributed by atoms with Crippen molar-refractivity contribution in [3.8, 4) is 0 Å². The Hall–Kier alpha value is -1.66. The molecule has 108 valence electrons. The summed E-state index contributed by atoms with van der Waals surface area (Å²) in [6.07, 6.45) is 0. The number of hydrogen-bond donors (Lipinski definition) is 2. The largest absolute Gasteiger partial charge is 0.343 e. The molecule has 1 aliphatic rings. The van der Waals surface area contributed by atoms with Crippen molar-refractivity contribution in [3.05, 3.63) is 34.6 Å². The van der Waals surface area contributed by atoms with Crippen molar-refractivity contribution in [2.75, 3.05) is 32.7 Å². The maximum atomic E-state index is 13.5. The lowest BCUT2D eigenvalue weighted by molar-refractivity contribution is -0.130. The van der Waals surface area contributed by atoms with Gasteiger partial charge in [-0.2, -0.15) is 0 Å². The predicted molar refractivity (Wildman–Crippen MR) is 73.2 cm³/mol. The van der Waals surface area contributed by atoms with E-state index in [0.29, 0.717) is 13.1 Å².